The van der Waals surface area contributed by atoms with Gasteiger partial charge in [-0.05, 0) is 38.8 Å². The first kappa shape index (κ1) is 23.4. The third kappa shape index (κ3) is 5.29. The van der Waals surface area contributed by atoms with Crippen molar-refractivity contribution in [2.45, 2.75) is 58.7 Å². The number of anilines is 1. The Morgan fingerprint density at radius 2 is 2.00 bits per heavy atom. The number of ether oxygens (including phenoxy) is 1. The number of benzene rings is 1. The Balaban J connectivity index is 1.75. The highest BCUT2D eigenvalue weighted by Crippen LogP contribution is 2.38. The molecule has 1 unspecified atom stereocenters. The molecule has 1 aliphatic heterocycles. The quantitative estimate of drug-likeness (QED) is 0.714. The van der Waals surface area contributed by atoms with Gasteiger partial charge < -0.3 is 20.7 Å². The Kier molecular flexibility index (Phi) is 6.60. The monoisotopic (exact) mass is 452 g/mol. The lowest BCUT2D eigenvalue weighted by Crippen LogP contribution is -2.44. The molecule has 32 heavy (non-hydrogen) atoms. The number of amides is 2. The van der Waals surface area contributed by atoms with Crippen molar-refractivity contribution in [2.24, 2.45) is 5.73 Å². The molecule has 0 aliphatic carbocycles. The van der Waals surface area contributed by atoms with E-state index in [-0.39, 0.29) is 24.9 Å². The van der Waals surface area contributed by atoms with Crippen LogP contribution in [-0.4, -0.2) is 28.5 Å². The number of hydrogen-bond donors (Lipinski definition) is 2. The minimum Gasteiger partial charge on any atom is -0.444 e. The van der Waals surface area contributed by atoms with Gasteiger partial charge in [-0.2, -0.15) is 5.26 Å². The van der Waals surface area contributed by atoms with Gasteiger partial charge in [0.15, 0.2) is 0 Å². The number of nitrogens with zero attached hydrogens (tertiary/aromatic N) is 2. The van der Waals surface area contributed by atoms with Crippen LogP contribution in [0.4, 0.5) is 9.80 Å². The van der Waals surface area contributed by atoms with Crippen molar-refractivity contribution in [3.05, 3.63) is 58.0 Å². The average molecular weight is 453 g/mol. The maximum atomic E-state index is 12.6. The molecule has 0 spiro atoms. The van der Waals surface area contributed by atoms with Crippen LogP contribution >= 0.6 is 11.3 Å². The number of thiophene rings is 1. The van der Waals surface area contributed by atoms with Gasteiger partial charge in [0.25, 0.3) is 0 Å². The standard InChI is InChI=1S/C24H28N4O3S/c1-14-10-20-19(13-28(14)23(30)31-24(3,4)5)18(12-25)22(32-20)27-21(29)11-16-6-8-17(9-7-16)15(2)26/h6-9,14H,2,10-11,13,26H2,1,3-5H3,(H,27,29). The maximum absolute atomic E-state index is 12.6. The van der Waals surface area contributed by atoms with Gasteiger partial charge in [-0.3, -0.25) is 4.79 Å². The van der Waals surface area contributed by atoms with Crippen molar-refractivity contribution in [1.82, 2.24) is 4.90 Å². The van der Waals surface area contributed by atoms with E-state index in [2.05, 4.69) is 18.0 Å². The van der Waals surface area contributed by atoms with Gasteiger partial charge in [0.1, 0.15) is 16.7 Å². The predicted molar refractivity (Wildman–Crippen MR) is 126 cm³/mol. The molecule has 2 amide bonds. The van der Waals surface area contributed by atoms with E-state index in [1.165, 1.54) is 11.3 Å². The number of carbonyl (C=O) groups is 2. The highest BCUT2D eigenvalue weighted by atomic mass is 32.1. The molecule has 3 N–H and O–H groups in total. The number of nitrogens with two attached hydrogens (primary N) is 1. The van der Waals surface area contributed by atoms with Gasteiger partial charge in [0.2, 0.25) is 5.91 Å². The first-order chi connectivity index (χ1) is 15.0. The van der Waals surface area contributed by atoms with Crippen LogP contribution < -0.4 is 11.1 Å². The zero-order chi connectivity index (χ0) is 23.6. The lowest BCUT2D eigenvalue weighted by Gasteiger charge is -2.34. The molecule has 0 bridgehead atoms. The number of fused-ring (bicyclic) bond motifs is 1. The molecule has 0 fully saturated rings. The van der Waals surface area contributed by atoms with Crippen molar-refractivity contribution in [2.75, 3.05) is 5.32 Å². The molecular formula is C24H28N4O3S. The van der Waals surface area contributed by atoms with E-state index in [9.17, 15) is 14.9 Å². The Labute approximate surface area is 192 Å². The zero-order valence-corrected chi connectivity index (χ0v) is 19.6. The van der Waals surface area contributed by atoms with E-state index in [0.717, 1.165) is 21.6 Å². The average Bonchev–Trinajstić information content (AvgIpc) is 3.01. The normalized spacial score (nSPS) is 15.5. The summed E-state index contributed by atoms with van der Waals surface area (Å²) >= 11 is 1.40. The van der Waals surface area contributed by atoms with Gasteiger partial charge in [-0.25, -0.2) is 4.79 Å². The topological polar surface area (TPSA) is 108 Å². The highest BCUT2D eigenvalue weighted by molar-refractivity contribution is 7.16. The van der Waals surface area contributed by atoms with Crippen molar-refractivity contribution < 1.29 is 14.3 Å². The Morgan fingerprint density at radius 1 is 1.34 bits per heavy atom. The molecule has 1 atom stereocenters. The maximum Gasteiger partial charge on any atom is 0.410 e. The van der Waals surface area contributed by atoms with Crippen molar-refractivity contribution in [3.63, 3.8) is 0 Å². The summed E-state index contributed by atoms with van der Waals surface area (Å²) in [7, 11) is 0. The number of rotatable bonds is 4. The summed E-state index contributed by atoms with van der Waals surface area (Å²) in [5.74, 6) is -0.212. The minimum absolute atomic E-state index is 0.0677. The minimum atomic E-state index is -0.599. The van der Waals surface area contributed by atoms with Crippen LogP contribution in [0.5, 0.6) is 0 Å². The molecule has 3 rings (SSSR count). The number of nitriles is 1. The summed E-state index contributed by atoms with van der Waals surface area (Å²) in [6.07, 6.45) is 0.374. The zero-order valence-electron chi connectivity index (χ0n) is 18.8. The summed E-state index contributed by atoms with van der Waals surface area (Å²) in [5, 5.41) is 13.2. The molecule has 2 heterocycles. The van der Waals surface area contributed by atoms with Gasteiger partial charge in [0, 0.05) is 28.6 Å². The van der Waals surface area contributed by atoms with Crippen LogP contribution in [0, 0.1) is 11.3 Å². The van der Waals surface area contributed by atoms with Gasteiger partial charge in [-0.15, -0.1) is 11.3 Å². The first-order valence-corrected chi connectivity index (χ1v) is 11.2. The molecule has 0 radical (unpaired) electrons. The fourth-order valence-corrected chi connectivity index (χ4v) is 4.81. The van der Waals surface area contributed by atoms with E-state index in [4.69, 9.17) is 10.5 Å². The highest BCUT2D eigenvalue weighted by Gasteiger charge is 2.34. The number of hydrogen-bond acceptors (Lipinski definition) is 6. The molecule has 1 aliphatic rings. The molecule has 7 nitrogen and oxygen atoms in total. The van der Waals surface area contributed by atoms with Gasteiger partial charge in [-0.1, -0.05) is 30.8 Å². The SMILES string of the molecule is C=C(N)c1ccc(CC(=O)Nc2sc3c(c2C#N)CN(C(=O)OC(C)(C)C)C(C)C3)cc1. The van der Waals surface area contributed by atoms with Crippen molar-refractivity contribution in [3.8, 4) is 6.07 Å². The second-order valence-corrected chi connectivity index (χ2v) is 10.0. The molecule has 2 aromatic rings. The molecule has 168 valence electrons. The summed E-state index contributed by atoms with van der Waals surface area (Å²) in [6, 6.07) is 9.45. The predicted octanol–water partition coefficient (Wildman–Crippen LogP) is 4.41. The Morgan fingerprint density at radius 3 is 2.56 bits per heavy atom. The third-order valence-electron chi connectivity index (χ3n) is 5.11. The second-order valence-electron chi connectivity index (χ2n) is 8.93. The van der Waals surface area contributed by atoms with E-state index < -0.39 is 11.7 Å². The lowest BCUT2D eigenvalue weighted by molar-refractivity contribution is -0.115. The molecule has 1 aromatic carbocycles. The van der Waals surface area contributed by atoms with Crippen molar-refractivity contribution in [1.29, 1.82) is 5.26 Å². The van der Waals surface area contributed by atoms with E-state index in [1.54, 1.807) is 4.90 Å². The second kappa shape index (κ2) is 9.05. The third-order valence-corrected chi connectivity index (χ3v) is 6.28. The Hall–Kier alpha value is -3.31. The van der Waals surface area contributed by atoms with Crippen LogP contribution in [0.25, 0.3) is 5.70 Å². The first-order valence-electron chi connectivity index (χ1n) is 10.4. The smallest absolute Gasteiger partial charge is 0.410 e. The molecule has 0 saturated carbocycles. The summed E-state index contributed by atoms with van der Waals surface area (Å²) < 4.78 is 5.52. The van der Waals surface area contributed by atoms with Crippen LogP contribution in [0.1, 0.15) is 54.8 Å². The van der Waals surface area contributed by atoms with Gasteiger partial charge in [0.05, 0.1) is 18.5 Å². The van der Waals surface area contributed by atoms with E-state index in [0.29, 0.717) is 22.7 Å². The van der Waals surface area contributed by atoms with Crippen LogP contribution in [0.3, 0.4) is 0 Å². The molecule has 8 heteroatoms. The van der Waals surface area contributed by atoms with Crippen LogP contribution in [0.2, 0.25) is 0 Å². The Bertz CT molecular complexity index is 1090. The number of carbonyl (C=O) groups excluding carboxylic acids is 2. The molecular weight excluding hydrogens is 424 g/mol. The fraction of sp³-hybridized carbons (Fsp3) is 0.375. The molecule has 0 saturated heterocycles. The number of nitrogens with one attached hydrogen (secondary N) is 1. The van der Waals surface area contributed by atoms with Crippen molar-refractivity contribution >= 4 is 34.0 Å². The lowest BCUT2D eigenvalue weighted by atomic mass is 10.0. The van der Waals surface area contributed by atoms with Crippen LogP contribution in [-0.2, 0) is 28.9 Å². The summed E-state index contributed by atoms with van der Waals surface area (Å²) in [4.78, 5) is 27.9. The summed E-state index contributed by atoms with van der Waals surface area (Å²) in [5.41, 5.74) is 8.39. The largest absolute Gasteiger partial charge is 0.444 e. The van der Waals surface area contributed by atoms with E-state index in [1.807, 2.05) is 52.0 Å². The van der Waals surface area contributed by atoms with Crippen LogP contribution in [0.15, 0.2) is 30.8 Å². The van der Waals surface area contributed by atoms with E-state index >= 15 is 0 Å². The van der Waals surface area contributed by atoms with Gasteiger partial charge >= 0.3 is 6.09 Å². The molecule has 1 aromatic heterocycles. The fourth-order valence-electron chi connectivity index (χ4n) is 3.51. The summed E-state index contributed by atoms with van der Waals surface area (Å²) in [6.45, 7) is 11.4.